The lowest BCUT2D eigenvalue weighted by atomic mass is 10.4. The number of nitrogens with zero attached hydrogens (tertiary/aromatic N) is 3. The summed E-state index contributed by atoms with van der Waals surface area (Å²) in [5, 5.41) is 4.52. The van der Waals surface area contributed by atoms with E-state index in [9.17, 15) is 0 Å². The quantitative estimate of drug-likeness (QED) is 0.654. The molecule has 0 unspecified atom stereocenters. The summed E-state index contributed by atoms with van der Waals surface area (Å²) >= 11 is 5.89. The van der Waals surface area contributed by atoms with Gasteiger partial charge in [-0.3, -0.25) is 10.4 Å². The van der Waals surface area contributed by atoms with E-state index in [1.807, 2.05) is 18.2 Å². The standard InChI is InChI=1S/C11H9ClN4/c12-10-5-3-7-14-11(10)16-15-8-9-4-1-2-6-13-9/h1-8H,(H,14,16). The Morgan fingerprint density at radius 1 is 1.12 bits per heavy atom. The highest BCUT2D eigenvalue weighted by molar-refractivity contribution is 6.32. The highest BCUT2D eigenvalue weighted by atomic mass is 35.5. The van der Waals surface area contributed by atoms with Gasteiger partial charge in [0.1, 0.15) is 0 Å². The van der Waals surface area contributed by atoms with Crippen molar-refractivity contribution in [3.05, 3.63) is 53.4 Å². The van der Waals surface area contributed by atoms with Crippen LogP contribution in [-0.4, -0.2) is 16.2 Å². The molecule has 0 bridgehead atoms. The van der Waals surface area contributed by atoms with Crippen molar-refractivity contribution in [2.75, 3.05) is 5.43 Å². The van der Waals surface area contributed by atoms with E-state index in [0.29, 0.717) is 10.8 Å². The number of pyridine rings is 2. The molecule has 2 heterocycles. The number of rotatable bonds is 3. The van der Waals surface area contributed by atoms with Crippen LogP contribution in [0, 0.1) is 0 Å². The van der Waals surface area contributed by atoms with Gasteiger partial charge in [0.15, 0.2) is 5.82 Å². The van der Waals surface area contributed by atoms with Crippen LogP contribution in [0.25, 0.3) is 0 Å². The Morgan fingerprint density at radius 2 is 2.00 bits per heavy atom. The van der Waals surface area contributed by atoms with Crippen LogP contribution in [0.4, 0.5) is 5.82 Å². The summed E-state index contributed by atoms with van der Waals surface area (Å²) < 4.78 is 0. The molecule has 0 aromatic carbocycles. The normalized spacial score (nSPS) is 10.6. The first kappa shape index (κ1) is 10.6. The van der Waals surface area contributed by atoms with Gasteiger partial charge in [0.05, 0.1) is 16.9 Å². The summed E-state index contributed by atoms with van der Waals surface area (Å²) in [4.78, 5) is 8.12. The van der Waals surface area contributed by atoms with E-state index < -0.39 is 0 Å². The van der Waals surface area contributed by atoms with Gasteiger partial charge in [0, 0.05) is 12.4 Å². The highest BCUT2D eigenvalue weighted by Crippen LogP contribution is 2.16. The predicted octanol–water partition coefficient (Wildman–Crippen LogP) is 2.58. The van der Waals surface area contributed by atoms with Gasteiger partial charge < -0.3 is 0 Å². The van der Waals surface area contributed by atoms with E-state index in [2.05, 4.69) is 20.5 Å². The Balaban J connectivity index is 2.03. The number of aromatic nitrogens is 2. The minimum absolute atomic E-state index is 0.524. The molecule has 0 spiro atoms. The Morgan fingerprint density at radius 3 is 2.75 bits per heavy atom. The lowest BCUT2D eigenvalue weighted by Crippen LogP contribution is -1.94. The summed E-state index contributed by atoms with van der Waals surface area (Å²) in [6, 6.07) is 9.09. The molecule has 2 aromatic rings. The molecule has 0 fully saturated rings. The molecule has 5 heteroatoms. The SMILES string of the molecule is Clc1cccnc1NN=Cc1ccccn1. The molecule has 4 nitrogen and oxygen atoms in total. The summed E-state index contributed by atoms with van der Waals surface area (Å²) in [6.07, 6.45) is 4.95. The number of hydrogen-bond donors (Lipinski definition) is 1. The van der Waals surface area contributed by atoms with Crippen LogP contribution in [0.2, 0.25) is 5.02 Å². The third-order valence-electron chi connectivity index (χ3n) is 1.81. The molecule has 0 atom stereocenters. The van der Waals surface area contributed by atoms with Crippen molar-refractivity contribution in [1.29, 1.82) is 0 Å². The number of anilines is 1. The molecule has 0 aliphatic heterocycles. The zero-order valence-electron chi connectivity index (χ0n) is 8.34. The first-order chi connectivity index (χ1) is 7.86. The topological polar surface area (TPSA) is 50.2 Å². The van der Waals surface area contributed by atoms with Gasteiger partial charge in [-0.05, 0) is 24.3 Å². The summed E-state index contributed by atoms with van der Waals surface area (Å²) in [5.41, 5.74) is 3.51. The van der Waals surface area contributed by atoms with Gasteiger partial charge in [-0.1, -0.05) is 17.7 Å². The zero-order chi connectivity index (χ0) is 11.2. The van der Waals surface area contributed by atoms with Crippen LogP contribution in [0.15, 0.2) is 47.8 Å². The summed E-state index contributed by atoms with van der Waals surface area (Å²) in [6.45, 7) is 0. The van der Waals surface area contributed by atoms with Crippen molar-refractivity contribution in [3.63, 3.8) is 0 Å². The lowest BCUT2D eigenvalue weighted by Gasteiger charge is -1.99. The van der Waals surface area contributed by atoms with E-state index >= 15 is 0 Å². The van der Waals surface area contributed by atoms with Gasteiger partial charge in [0.2, 0.25) is 0 Å². The Kier molecular flexibility index (Phi) is 3.46. The number of hydrazone groups is 1. The second kappa shape index (κ2) is 5.23. The monoisotopic (exact) mass is 232 g/mol. The largest absolute Gasteiger partial charge is 0.260 e. The van der Waals surface area contributed by atoms with Gasteiger partial charge in [-0.25, -0.2) is 4.98 Å². The predicted molar refractivity (Wildman–Crippen MR) is 64.7 cm³/mol. The Labute approximate surface area is 98.0 Å². The number of hydrogen-bond acceptors (Lipinski definition) is 4. The fourth-order valence-electron chi connectivity index (χ4n) is 1.08. The van der Waals surface area contributed by atoms with E-state index in [1.54, 1.807) is 30.7 Å². The molecule has 16 heavy (non-hydrogen) atoms. The molecule has 0 radical (unpaired) electrons. The summed E-state index contributed by atoms with van der Waals surface area (Å²) in [7, 11) is 0. The third-order valence-corrected chi connectivity index (χ3v) is 2.12. The van der Waals surface area contributed by atoms with Crippen molar-refractivity contribution in [2.45, 2.75) is 0 Å². The molecule has 2 aromatic heterocycles. The number of nitrogens with one attached hydrogen (secondary N) is 1. The average Bonchev–Trinajstić information content (AvgIpc) is 2.33. The van der Waals surface area contributed by atoms with Gasteiger partial charge in [0.25, 0.3) is 0 Å². The van der Waals surface area contributed by atoms with E-state index in [0.717, 1.165) is 5.69 Å². The maximum atomic E-state index is 5.89. The van der Waals surface area contributed by atoms with E-state index in [1.165, 1.54) is 0 Å². The smallest absolute Gasteiger partial charge is 0.165 e. The second-order valence-corrected chi connectivity index (χ2v) is 3.37. The summed E-state index contributed by atoms with van der Waals surface area (Å²) in [5.74, 6) is 0.524. The molecular formula is C11H9ClN4. The fourth-order valence-corrected chi connectivity index (χ4v) is 1.24. The van der Waals surface area contributed by atoms with E-state index in [-0.39, 0.29) is 0 Å². The van der Waals surface area contributed by atoms with Crippen LogP contribution in [0.3, 0.4) is 0 Å². The van der Waals surface area contributed by atoms with Gasteiger partial charge in [-0.15, -0.1) is 0 Å². The third kappa shape index (κ3) is 2.77. The lowest BCUT2D eigenvalue weighted by molar-refractivity contribution is 1.22. The Hall–Kier alpha value is -1.94. The van der Waals surface area contributed by atoms with E-state index in [4.69, 9.17) is 11.6 Å². The van der Waals surface area contributed by atoms with Gasteiger partial charge in [-0.2, -0.15) is 5.10 Å². The zero-order valence-corrected chi connectivity index (χ0v) is 9.09. The van der Waals surface area contributed by atoms with Crippen LogP contribution in [-0.2, 0) is 0 Å². The van der Waals surface area contributed by atoms with Crippen LogP contribution >= 0.6 is 11.6 Å². The molecule has 0 saturated carbocycles. The molecule has 1 N–H and O–H groups in total. The highest BCUT2D eigenvalue weighted by Gasteiger charge is 1.96. The Bertz CT molecular complexity index is 484. The van der Waals surface area contributed by atoms with Crippen molar-refractivity contribution < 1.29 is 0 Å². The minimum Gasteiger partial charge on any atom is -0.260 e. The van der Waals surface area contributed by atoms with Crippen LogP contribution < -0.4 is 5.43 Å². The molecule has 0 aliphatic rings. The molecule has 80 valence electrons. The molecule has 0 saturated heterocycles. The average molecular weight is 233 g/mol. The maximum Gasteiger partial charge on any atom is 0.165 e. The molecule has 0 aliphatic carbocycles. The van der Waals surface area contributed by atoms with Crippen molar-refractivity contribution in [2.24, 2.45) is 5.10 Å². The van der Waals surface area contributed by atoms with Crippen molar-refractivity contribution in [3.8, 4) is 0 Å². The maximum absolute atomic E-state index is 5.89. The molecule has 2 rings (SSSR count). The minimum atomic E-state index is 0.524. The van der Waals surface area contributed by atoms with Crippen LogP contribution in [0.5, 0.6) is 0 Å². The second-order valence-electron chi connectivity index (χ2n) is 2.96. The van der Waals surface area contributed by atoms with Crippen LogP contribution in [0.1, 0.15) is 5.69 Å². The molecule has 0 amide bonds. The number of halogens is 1. The van der Waals surface area contributed by atoms with Crippen molar-refractivity contribution in [1.82, 2.24) is 9.97 Å². The first-order valence-corrected chi connectivity index (χ1v) is 5.05. The fraction of sp³-hybridized carbons (Fsp3) is 0. The van der Waals surface area contributed by atoms with Crippen molar-refractivity contribution >= 4 is 23.6 Å². The first-order valence-electron chi connectivity index (χ1n) is 4.67. The van der Waals surface area contributed by atoms with Gasteiger partial charge >= 0.3 is 0 Å². The molecular weight excluding hydrogens is 224 g/mol.